The van der Waals surface area contributed by atoms with Crippen LogP contribution in [0.1, 0.15) is 66.2 Å². The molecule has 4 aliphatic carbocycles. The topological polar surface area (TPSA) is 0 Å². The molecule has 4 atom stereocenters. The third-order valence-electron chi connectivity index (χ3n) is 7.34. The van der Waals surface area contributed by atoms with Crippen LogP contribution >= 0.6 is 0 Å². The van der Waals surface area contributed by atoms with E-state index in [1.165, 1.54) is 49.7 Å². The monoisotopic (exact) mass is 272 g/mol. The van der Waals surface area contributed by atoms with Gasteiger partial charge in [-0.15, -0.1) is 0 Å². The van der Waals surface area contributed by atoms with E-state index in [1.807, 2.05) is 0 Å². The molecule has 4 saturated carbocycles. The van der Waals surface area contributed by atoms with Gasteiger partial charge < -0.3 is 0 Å². The first-order valence-electron chi connectivity index (χ1n) is 8.69. The molecule has 0 N–H and O–H groups in total. The van der Waals surface area contributed by atoms with E-state index >= 15 is 0 Å². The Hall–Kier alpha value is -0.520. The van der Waals surface area contributed by atoms with Gasteiger partial charge in [-0.3, -0.25) is 0 Å². The molecule has 0 heterocycles. The van der Waals surface area contributed by atoms with Crippen molar-refractivity contribution in [2.75, 3.05) is 0 Å². The van der Waals surface area contributed by atoms with Crippen LogP contribution in [0.25, 0.3) is 0 Å². The quantitative estimate of drug-likeness (QED) is 0.541. The number of allylic oxidation sites excluding steroid dienone is 2. The van der Waals surface area contributed by atoms with Crippen molar-refractivity contribution in [3.63, 3.8) is 0 Å². The van der Waals surface area contributed by atoms with Crippen LogP contribution in [0.4, 0.5) is 0 Å². The Balaban J connectivity index is 0.000000121. The average molecular weight is 272 g/mol. The van der Waals surface area contributed by atoms with E-state index in [0.29, 0.717) is 0 Å². The molecular formula is C20H32. The lowest BCUT2D eigenvalue weighted by atomic mass is 9.90. The number of hydrogen-bond donors (Lipinski definition) is 0. The fourth-order valence-corrected chi connectivity index (χ4v) is 5.29. The fourth-order valence-electron chi connectivity index (χ4n) is 5.29. The van der Waals surface area contributed by atoms with Crippen LogP contribution in [-0.2, 0) is 0 Å². The van der Waals surface area contributed by atoms with Crippen LogP contribution in [0.2, 0.25) is 0 Å². The van der Waals surface area contributed by atoms with E-state index in [9.17, 15) is 0 Å². The molecule has 0 aromatic rings. The van der Waals surface area contributed by atoms with Crippen LogP contribution in [-0.4, -0.2) is 0 Å². The molecule has 0 aliphatic heterocycles. The molecule has 0 aromatic carbocycles. The van der Waals surface area contributed by atoms with Gasteiger partial charge in [-0.05, 0) is 73.0 Å². The van der Waals surface area contributed by atoms with Crippen LogP contribution in [0.15, 0.2) is 24.3 Å². The molecule has 112 valence electrons. The Bertz CT molecular complexity index is 399. The Morgan fingerprint density at radius 2 is 1.15 bits per heavy atom. The largest absolute Gasteiger partial charge is 0.0996 e. The molecule has 0 bridgehead atoms. The van der Waals surface area contributed by atoms with Crippen molar-refractivity contribution in [1.82, 2.24) is 0 Å². The van der Waals surface area contributed by atoms with Gasteiger partial charge in [0, 0.05) is 0 Å². The second-order valence-corrected chi connectivity index (χ2v) is 8.61. The minimum atomic E-state index is 0.733. The number of hydrogen-bond acceptors (Lipinski definition) is 0. The maximum Gasteiger partial charge on any atom is -0.0141 e. The maximum absolute atomic E-state index is 4.10. The van der Waals surface area contributed by atoms with Gasteiger partial charge in [-0.1, -0.05) is 52.0 Å². The third-order valence-corrected chi connectivity index (χ3v) is 7.34. The van der Waals surface area contributed by atoms with Crippen molar-refractivity contribution >= 4 is 0 Å². The first kappa shape index (κ1) is 14.4. The Labute approximate surface area is 125 Å². The predicted octanol–water partition coefficient (Wildman–Crippen LogP) is 6.00. The van der Waals surface area contributed by atoms with Gasteiger partial charge in [-0.2, -0.15) is 0 Å². The van der Waals surface area contributed by atoms with Gasteiger partial charge in [-0.25, -0.2) is 0 Å². The van der Waals surface area contributed by atoms with Gasteiger partial charge in [0.2, 0.25) is 0 Å². The summed E-state index contributed by atoms with van der Waals surface area (Å²) in [5, 5.41) is 0. The van der Waals surface area contributed by atoms with Crippen molar-refractivity contribution in [3.05, 3.63) is 24.3 Å². The molecule has 20 heavy (non-hydrogen) atoms. The van der Waals surface area contributed by atoms with Gasteiger partial charge in [0.05, 0.1) is 0 Å². The van der Waals surface area contributed by atoms with Crippen molar-refractivity contribution in [1.29, 1.82) is 0 Å². The highest BCUT2D eigenvalue weighted by atomic mass is 14.6. The summed E-state index contributed by atoms with van der Waals surface area (Å²) in [4.78, 5) is 0. The highest BCUT2D eigenvalue weighted by molar-refractivity contribution is 5.26. The van der Waals surface area contributed by atoms with Crippen molar-refractivity contribution in [2.24, 2.45) is 34.5 Å². The Morgan fingerprint density at radius 1 is 0.800 bits per heavy atom. The first-order chi connectivity index (χ1) is 9.33. The Morgan fingerprint density at radius 3 is 1.25 bits per heavy atom. The fraction of sp³-hybridized carbons (Fsp3) is 0.800. The predicted molar refractivity (Wildman–Crippen MR) is 87.5 cm³/mol. The lowest BCUT2D eigenvalue weighted by Gasteiger charge is -2.15. The summed E-state index contributed by atoms with van der Waals surface area (Å²) < 4.78 is 0. The summed E-state index contributed by atoms with van der Waals surface area (Å²) in [5.41, 5.74) is 4.54. The lowest BCUT2D eigenvalue weighted by Crippen LogP contribution is -2.07. The molecule has 4 aliphatic rings. The molecule has 0 saturated heterocycles. The zero-order valence-corrected chi connectivity index (χ0v) is 14.0. The van der Waals surface area contributed by atoms with Crippen molar-refractivity contribution < 1.29 is 0 Å². The summed E-state index contributed by atoms with van der Waals surface area (Å²) in [6.45, 7) is 17.6. The molecule has 4 fully saturated rings. The summed E-state index contributed by atoms with van der Waals surface area (Å²) >= 11 is 0. The highest BCUT2D eigenvalue weighted by Gasteiger charge is 2.60. The minimum Gasteiger partial charge on any atom is -0.0996 e. The first-order valence-corrected chi connectivity index (χ1v) is 8.69. The second-order valence-electron chi connectivity index (χ2n) is 8.61. The molecular weight excluding hydrogens is 240 g/mol. The van der Waals surface area contributed by atoms with E-state index in [0.717, 1.165) is 34.5 Å². The summed E-state index contributed by atoms with van der Waals surface area (Å²) in [5.74, 6) is 3.62. The average Bonchev–Trinajstić information content (AvgIpc) is 3.26. The van der Waals surface area contributed by atoms with E-state index in [2.05, 4.69) is 40.9 Å². The smallest absolute Gasteiger partial charge is 0.0141 e. The standard InChI is InChI=1S/2C10H16/c2*1-7(2)10-5-4-8(3)9(10)6-10/h2*7,9H,3-6H2,1-2H3/t2*9-,10-/m10/s1. The minimum absolute atomic E-state index is 0.733. The Kier molecular flexibility index (Phi) is 3.23. The van der Waals surface area contributed by atoms with E-state index in [-0.39, 0.29) is 0 Å². The van der Waals surface area contributed by atoms with Crippen LogP contribution in [0.5, 0.6) is 0 Å². The molecule has 4 rings (SSSR count). The number of fused-ring (bicyclic) bond motifs is 2. The van der Waals surface area contributed by atoms with Crippen LogP contribution < -0.4 is 0 Å². The van der Waals surface area contributed by atoms with Crippen LogP contribution in [0.3, 0.4) is 0 Å². The van der Waals surface area contributed by atoms with E-state index in [1.54, 1.807) is 0 Å². The van der Waals surface area contributed by atoms with Crippen LogP contribution in [0, 0.1) is 34.5 Å². The van der Waals surface area contributed by atoms with Gasteiger partial charge in [0.15, 0.2) is 0 Å². The molecule has 0 spiro atoms. The van der Waals surface area contributed by atoms with E-state index in [4.69, 9.17) is 0 Å². The molecule has 0 heteroatoms. The SMILES string of the molecule is C=C1CC[C@@]2(C(C)C)C[C@@H]12.C=C1CC[C@]2(C(C)C)C[C@H]12. The van der Waals surface area contributed by atoms with Crippen molar-refractivity contribution in [2.45, 2.75) is 66.2 Å². The zero-order chi connectivity index (χ0) is 14.7. The molecule has 0 amide bonds. The molecule has 0 radical (unpaired) electrons. The lowest BCUT2D eigenvalue weighted by molar-refractivity contribution is 0.344. The summed E-state index contributed by atoms with van der Waals surface area (Å²) in [7, 11) is 0. The number of rotatable bonds is 2. The van der Waals surface area contributed by atoms with Gasteiger partial charge in [0.1, 0.15) is 0 Å². The maximum atomic E-state index is 4.10. The van der Waals surface area contributed by atoms with Gasteiger partial charge >= 0.3 is 0 Å². The molecule has 0 aromatic heterocycles. The molecule has 0 unspecified atom stereocenters. The summed E-state index contributed by atoms with van der Waals surface area (Å²) in [6, 6.07) is 0. The van der Waals surface area contributed by atoms with Gasteiger partial charge in [0.25, 0.3) is 0 Å². The highest BCUT2D eigenvalue weighted by Crippen LogP contribution is 2.69. The summed E-state index contributed by atoms with van der Waals surface area (Å²) in [6.07, 6.45) is 8.36. The normalized spacial score (nSPS) is 44.3. The molecule has 0 nitrogen and oxygen atoms in total. The van der Waals surface area contributed by atoms with E-state index < -0.39 is 0 Å². The van der Waals surface area contributed by atoms with Crippen molar-refractivity contribution in [3.8, 4) is 0 Å². The zero-order valence-electron chi connectivity index (χ0n) is 14.0. The second kappa shape index (κ2) is 4.49. The third kappa shape index (κ3) is 1.94.